The summed E-state index contributed by atoms with van der Waals surface area (Å²) < 4.78 is 19.1. The van der Waals surface area contributed by atoms with Crippen LogP contribution in [0.25, 0.3) is 0 Å². The third-order valence-corrected chi connectivity index (χ3v) is 4.74. The SMILES string of the molecule is O=C(NCC1CCCNC1)C(Oc1ccc(F)cc1Cl)c1ccccc1. The number of rotatable bonds is 6. The van der Waals surface area contributed by atoms with E-state index in [1.807, 2.05) is 30.3 Å². The fourth-order valence-corrected chi connectivity index (χ4v) is 3.25. The summed E-state index contributed by atoms with van der Waals surface area (Å²) >= 11 is 6.06. The van der Waals surface area contributed by atoms with Gasteiger partial charge in [-0.1, -0.05) is 41.9 Å². The first kappa shape index (κ1) is 18.7. The second-order valence-electron chi connectivity index (χ2n) is 6.44. The molecule has 3 rings (SSSR count). The average Bonchev–Trinajstić information content (AvgIpc) is 2.67. The van der Waals surface area contributed by atoms with Gasteiger partial charge in [-0.2, -0.15) is 0 Å². The fourth-order valence-electron chi connectivity index (χ4n) is 3.03. The average molecular weight is 377 g/mol. The molecule has 1 heterocycles. The van der Waals surface area contributed by atoms with E-state index in [0.29, 0.717) is 18.0 Å². The Balaban J connectivity index is 1.73. The van der Waals surface area contributed by atoms with Crippen LogP contribution in [0, 0.1) is 11.7 Å². The molecule has 6 heteroatoms. The van der Waals surface area contributed by atoms with Crippen molar-refractivity contribution in [2.45, 2.75) is 18.9 Å². The lowest BCUT2D eigenvalue weighted by molar-refractivity contribution is -0.128. The van der Waals surface area contributed by atoms with Gasteiger partial charge in [0.1, 0.15) is 11.6 Å². The molecule has 2 N–H and O–H groups in total. The highest BCUT2D eigenvalue weighted by atomic mass is 35.5. The van der Waals surface area contributed by atoms with Gasteiger partial charge >= 0.3 is 0 Å². The number of ether oxygens (including phenoxy) is 1. The lowest BCUT2D eigenvalue weighted by atomic mass is 9.99. The molecule has 0 saturated carbocycles. The normalized spacial score (nSPS) is 18.2. The lowest BCUT2D eigenvalue weighted by Crippen LogP contribution is -2.40. The molecule has 0 spiro atoms. The summed E-state index contributed by atoms with van der Waals surface area (Å²) in [6.45, 7) is 2.53. The predicted octanol–water partition coefficient (Wildman–Crippen LogP) is 3.72. The van der Waals surface area contributed by atoms with E-state index in [1.54, 1.807) is 0 Å². The van der Waals surface area contributed by atoms with Crippen molar-refractivity contribution in [1.82, 2.24) is 10.6 Å². The maximum absolute atomic E-state index is 13.3. The van der Waals surface area contributed by atoms with E-state index in [-0.39, 0.29) is 16.7 Å². The van der Waals surface area contributed by atoms with Crippen LogP contribution in [0.4, 0.5) is 4.39 Å². The fraction of sp³-hybridized carbons (Fsp3) is 0.350. The van der Waals surface area contributed by atoms with Gasteiger partial charge in [0.2, 0.25) is 6.10 Å². The summed E-state index contributed by atoms with van der Waals surface area (Å²) in [7, 11) is 0. The first-order valence-electron chi connectivity index (χ1n) is 8.78. The zero-order valence-electron chi connectivity index (χ0n) is 14.4. The van der Waals surface area contributed by atoms with Gasteiger partial charge in [-0.3, -0.25) is 4.79 Å². The molecule has 2 atom stereocenters. The summed E-state index contributed by atoms with van der Waals surface area (Å²) in [4.78, 5) is 12.8. The second kappa shape index (κ2) is 9.01. The molecular weight excluding hydrogens is 355 g/mol. The quantitative estimate of drug-likeness (QED) is 0.808. The Morgan fingerprint density at radius 1 is 1.31 bits per heavy atom. The van der Waals surface area contributed by atoms with Crippen molar-refractivity contribution in [3.63, 3.8) is 0 Å². The first-order chi connectivity index (χ1) is 12.6. The Bertz CT molecular complexity index is 736. The number of amides is 1. The van der Waals surface area contributed by atoms with E-state index in [2.05, 4.69) is 10.6 Å². The monoisotopic (exact) mass is 376 g/mol. The highest BCUT2D eigenvalue weighted by Crippen LogP contribution is 2.30. The summed E-state index contributed by atoms with van der Waals surface area (Å²) in [5.41, 5.74) is 0.715. The summed E-state index contributed by atoms with van der Waals surface area (Å²) in [6, 6.07) is 13.1. The Kier molecular flexibility index (Phi) is 6.47. The van der Waals surface area contributed by atoms with Gasteiger partial charge in [-0.15, -0.1) is 0 Å². The maximum Gasteiger partial charge on any atom is 0.265 e. The van der Waals surface area contributed by atoms with Gasteiger partial charge in [-0.05, 0) is 50.0 Å². The Morgan fingerprint density at radius 3 is 2.81 bits per heavy atom. The standard InChI is InChI=1S/C20H22ClFN2O2/c21-17-11-16(22)8-9-18(17)26-19(15-6-2-1-3-7-15)20(25)24-13-14-5-4-10-23-12-14/h1-3,6-9,11,14,19,23H,4-5,10,12-13H2,(H,24,25). The van der Waals surface area contributed by atoms with E-state index in [1.165, 1.54) is 18.2 Å². The highest BCUT2D eigenvalue weighted by molar-refractivity contribution is 6.32. The molecule has 0 aliphatic carbocycles. The van der Waals surface area contributed by atoms with Crippen LogP contribution in [-0.4, -0.2) is 25.5 Å². The van der Waals surface area contributed by atoms with Crippen molar-refractivity contribution in [3.05, 3.63) is 64.9 Å². The van der Waals surface area contributed by atoms with Gasteiger partial charge < -0.3 is 15.4 Å². The molecule has 2 aromatic carbocycles. The van der Waals surface area contributed by atoms with Crippen LogP contribution in [0.2, 0.25) is 5.02 Å². The zero-order valence-corrected chi connectivity index (χ0v) is 15.1. The van der Waals surface area contributed by atoms with Gasteiger partial charge in [-0.25, -0.2) is 4.39 Å². The van der Waals surface area contributed by atoms with E-state index >= 15 is 0 Å². The van der Waals surface area contributed by atoms with Crippen molar-refractivity contribution in [3.8, 4) is 5.75 Å². The molecular formula is C20H22ClFN2O2. The minimum atomic E-state index is -0.851. The van der Waals surface area contributed by atoms with E-state index in [4.69, 9.17) is 16.3 Å². The third-order valence-electron chi connectivity index (χ3n) is 4.44. The number of carbonyl (C=O) groups excluding carboxylic acids is 1. The molecule has 1 aliphatic rings. The zero-order chi connectivity index (χ0) is 18.4. The van der Waals surface area contributed by atoms with Crippen molar-refractivity contribution < 1.29 is 13.9 Å². The number of piperidine rings is 1. The molecule has 2 unspecified atom stereocenters. The number of benzene rings is 2. The van der Waals surface area contributed by atoms with Crippen LogP contribution in [0.3, 0.4) is 0 Å². The van der Waals surface area contributed by atoms with E-state index < -0.39 is 11.9 Å². The number of hydrogen-bond acceptors (Lipinski definition) is 3. The molecule has 1 saturated heterocycles. The summed E-state index contributed by atoms with van der Waals surface area (Å²) in [5.74, 6) is 0.00459. The van der Waals surface area contributed by atoms with Gasteiger partial charge in [0, 0.05) is 12.1 Å². The molecule has 0 radical (unpaired) electrons. The molecule has 0 bridgehead atoms. The van der Waals surface area contributed by atoms with Crippen LogP contribution in [0.15, 0.2) is 48.5 Å². The van der Waals surface area contributed by atoms with Crippen LogP contribution in [-0.2, 0) is 4.79 Å². The van der Waals surface area contributed by atoms with Gasteiger partial charge in [0.05, 0.1) is 5.02 Å². The van der Waals surface area contributed by atoms with Crippen LogP contribution >= 0.6 is 11.6 Å². The number of halogens is 2. The van der Waals surface area contributed by atoms with Crippen molar-refractivity contribution in [2.24, 2.45) is 5.92 Å². The van der Waals surface area contributed by atoms with Crippen LogP contribution in [0.1, 0.15) is 24.5 Å². The van der Waals surface area contributed by atoms with E-state index in [0.717, 1.165) is 25.9 Å². The molecule has 138 valence electrons. The second-order valence-corrected chi connectivity index (χ2v) is 6.85. The predicted molar refractivity (Wildman–Crippen MR) is 99.8 cm³/mol. The molecule has 1 fully saturated rings. The molecule has 1 amide bonds. The van der Waals surface area contributed by atoms with Gasteiger partial charge in [0.25, 0.3) is 5.91 Å². The van der Waals surface area contributed by atoms with Crippen molar-refractivity contribution in [2.75, 3.05) is 19.6 Å². The smallest absolute Gasteiger partial charge is 0.265 e. The Morgan fingerprint density at radius 2 is 2.12 bits per heavy atom. The molecule has 2 aromatic rings. The number of hydrogen-bond donors (Lipinski definition) is 2. The summed E-state index contributed by atoms with van der Waals surface area (Å²) in [5, 5.41) is 6.45. The third kappa shape index (κ3) is 4.96. The topological polar surface area (TPSA) is 50.4 Å². The van der Waals surface area contributed by atoms with Gasteiger partial charge in [0.15, 0.2) is 0 Å². The minimum absolute atomic E-state index is 0.134. The molecule has 4 nitrogen and oxygen atoms in total. The van der Waals surface area contributed by atoms with Crippen molar-refractivity contribution >= 4 is 17.5 Å². The van der Waals surface area contributed by atoms with Crippen LogP contribution < -0.4 is 15.4 Å². The highest BCUT2D eigenvalue weighted by Gasteiger charge is 2.24. The first-order valence-corrected chi connectivity index (χ1v) is 9.16. The largest absolute Gasteiger partial charge is 0.474 e. The Hall–Kier alpha value is -2.11. The minimum Gasteiger partial charge on any atom is -0.474 e. The number of nitrogens with one attached hydrogen (secondary N) is 2. The summed E-state index contributed by atoms with van der Waals surface area (Å²) in [6.07, 6.45) is 1.36. The molecule has 26 heavy (non-hydrogen) atoms. The maximum atomic E-state index is 13.3. The number of carbonyl (C=O) groups is 1. The van der Waals surface area contributed by atoms with Crippen molar-refractivity contribution in [1.29, 1.82) is 0 Å². The van der Waals surface area contributed by atoms with Crippen LogP contribution in [0.5, 0.6) is 5.75 Å². The molecule has 1 aliphatic heterocycles. The molecule has 0 aromatic heterocycles. The lowest BCUT2D eigenvalue weighted by Gasteiger charge is -2.25. The Labute approximate surface area is 157 Å². The van der Waals surface area contributed by atoms with E-state index in [9.17, 15) is 9.18 Å².